The molecule has 7 N–H and O–H groups in total. The number of nitrogens with one attached hydrogen (secondary N) is 3. The Bertz CT molecular complexity index is 1380. The van der Waals surface area contributed by atoms with Crippen molar-refractivity contribution >= 4 is 53.2 Å². The van der Waals surface area contributed by atoms with Crippen LogP contribution in [0.25, 0.3) is 0 Å². The molecule has 1 saturated heterocycles. The first-order chi connectivity index (χ1) is 20.5. The third-order valence-electron chi connectivity index (χ3n) is 6.28. The predicted octanol–water partition coefficient (Wildman–Crippen LogP) is -0.955. The Kier molecular flexibility index (Phi) is 11.8. The SMILES string of the molecule is CC(=O)N(C(=O)c1cccc(N2C(=O)N[C@@H](CCCN=C(N)N[N+](=O)[O-])C2=O)c1)[C@@H](CC(=O)O)C(=O)N[C@H](C(=O)O)C(C)C. The maximum Gasteiger partial charge on any atom is 0.329 e. The number of carboxylic acid groups (broad SMARTS) is 2. The van der Waals surface area contributed by atoms with Gasteiger partial charge in [-0.05, 0) is 37.0 Å². The standard InChI is InChI=1S/C25H32N8O11/c1-12(2)19(23(40)41)29-20(37)17(11-18(35)36)31(13(3)34)21(38)14-6-4-7-15(10-14)32-22(39)16(28-25(32)42)8-5-9-27-24(26)30-33(43)44/h4,6-7,10,12,16-17,19H,5,8-9,11H2,1-3H3,(H,28,42)(H,29,37)(H,35,36)(H,40,41)(H3,26,27,30)/t16-,17-,19-/m0/s1. The van der Waals surface area contributed by atoms with Crippen LogP contribution >= 0.6 is 0 Å². The van der Waals surface area contributed by atoms with Crippen LogP contribution in [0.15, 0.2) is 29.3 Å². The van der Waals surface area contributed by atoms with E-state index in [-0.39, 0.29) is 30.6 Å². The van der Waals surface area contributed by atoms with Gasteiger partial charge in [-0.15, -0.1) is 0 Å². The van der Waals surface area contributed by atoms with Gasteiger partial charge in [0.05, 0.1) is 12.1 Å². The summed E-state index contributed by atoms with van der Waals surface area (Å²) >= 11 is 0. The number of guanidine groups is 1. The molecule has 1 aromatic carbocycles. The predicted molar refractivity (Wildman–Crippen MR) is 149 cm³/mol. The second-order valence-corrected chi connectivity index (χ2v) is 9.88. The first kappa shape index (κ1) is 34.6. The number of anilines is 1. The number of hydrogen-bond donors (Lipinski definition) is 6. The summed E-state index contributed by atoms with van der Waals surface area (Å²) in [6.45, 7) is 3.90. The van der Waals surface area contributed by atoms with Crippen LogP contribution in [0.2, 0.25) is 0 Å². The average molecular weight is 621 g/mol. The Labute approximate surface area is 249 Å². The van der Waals surface area contributed by atoms with Crippen molar-refractivity contribution in [3.05, 3.63) is 39.9 Å². The molecule has 1 fully saturated rings. The molecular formula is C25H32N8O11. The van der Waals surface area contributed by atoms with Gasteiger partial charge in [0, 0.05) is 19.0 Å². The molecule has 19 nitrogen and oxygen atoms in total. The van der Waals surface area contributed by atoms with Crippen LogP contribution in [0.1, 0.15) is 50.4 Å². The molecule has 3 atom stereocenters. The molecule has 2 rings (SSSR count). The summed E-state index contributed by atoms with van der Waals surface area (Å²) in [6.07, 6.45) is -0.732. The molecule has 0 saturated carbocycles. The number of aliphatic carboxylic acids is 2. The lowest BCUT2D eigenvalue weighted by Gasteiger charge is -2.29. The highest BCUT2D eigenvalue weighted by Crippen LogP contribution is 2.24. The number of aliphatic imine (C=N–C) groups is 1. The average Bonchev–Trinajstić information content (AvgIpc) is 3.20. The fourth-order valence-corrected chi connectivity index (χ4v) is 4.25. The molecule has 0 radical (unpaired) electrons. The summed E-state index contributed by atoms with van der Waals surface area (Å²) in [6, 6.07) is -0.283. The Morgan fingerprint density at radius 1 is 1.20 bits per heavy atom. The lowest BCUT2D eigenvalue weighted by atomic mass is 10.0. The smallest absolute Gasteiger partial charge is 0.329 e. The third-order valence-corrected chi connectivity index (χ3v) is 6.28. The van der Waals surface area contributed by atoms with E-state index in [1.807, 2.05) is 0 Å². The van der Waals surface area contributed by atoms with Crippen molar-refractivity contribution < 1.29 is 48.8 Å². The number of hydrogen-bond acceptors (Lipinski definition) is 10. The number of imide groups is 2. The van der Waals surface area contributed by atoms with Crippen molar-refractivity contribution in [1.29, 1.82) is 0 Å². The Morgan fingerprint density at radius 3 is 2.41 bits per heavy atom. The largest absolute Gasteiger partial charge is 0.481 e. The van der Waals surface area contributed by atoms with E-state index in [0.29, 0.717) is 4.90 Å². The number of benzene rings is 1. The maximum absolute atomic E-state index is 13.5. The number of nitrogens with two attached hydrogens (primary N) is 1. The highest BCUT2D eigenvalue weighted by Gasteiger charge is 2.40. The van der Waals surface area contributed by atoms with E-state index in [0.717, 1.165) is 17.9 Å². The second kappa shape index (κ2) is 15.0. The number of urea groups is 1. The highest BCUT2D eigenvalue weighted by atomic mass is 16.7. The summed E-state index contributed by atoms with van der Waals surface area (Å²) in [5.41, 5.74) is 6.62. The number of hydrazine groups is 1. The molecule has 1 aromatic rings. The Balaban J connectivity index is 2.30. The number of nitrogens with zero attached hydrogens (tertiary/aromatic N) is 4. The Hall–Kier alpha value is -5.62. The number of rotatable bonds is 14. The first-order valence-corrected chi connectivity index (χ1v) is 13.1. The van der Waals surface area contributed by atoms with Crippen LogP contribution in [0.4, 0.5) is 10.5 Å². The van der Waals surface area contributed by atoms with Gasteiger partial charge in [0.2, 0.25) is 11.8 Å². The van der Waals surface area contributed by atoms with Crippen LogP contribution in [0, 0.1) is 16.0 Å². The van der Waals surface area contributed by atoms with Crippen LogP contribution in [-0.2, 0) is 24.0 Å². The van der Waals surface area contributed by atoms with Crippen LogP contribution in [0.5, 0.6) is 0 Å². The van der Waals surface area contributed by atoms with Gasteiger partial charge >= 0.3 is 18.0 Å². The van der Waals surface area contributed by atoms with Gasteiger partial charge in [0.25, 0.3) is 17.8 Å². The number of nitro groups is 1. The van der Waals surface area contributed by atoms with Crippen molar-refractivity contribution in [3.63, 3.8) is 0 Å². The van der Waals surface area contributed by atoms with Gasteiger partial charge in [-0.2, -0.15) is 0 Å². The Morgan fingerprint density at radius 2 is 1.86 bits per heavy atom. The molecule has 0 aliphatic carbocycles. The minimum atomic E-state index is -1.93. The van der Waals surface area contributed by atoms with Crippen molar-refractivity contribution in [2.75, 3.05) is 11.4 Å². The van der Waals surface area contributed by atoms with E-state index < -0.39 is 83.1 Å². The van der Waals surface area contributed by atoms with Crippen LogP contribution < -0.4 is 26.7 Å². The molecule has 0 unspecified atom stereocenters. The number of amides is 6. The zero-order valence-corrected chi connectivity index (χ0v) is 23.9. The summed E-state index contributed by atoms with van der Waals surface area (Å²) in [4.78, 5) is 103. The minimum absolute atomic E-state index is 0.00661. The van der Waals surface area contributed by atoms with E-state index in [4.69, 9.17) is 5.73 Å². The highest BCUT2D eigenvalue weighted by molar-refractivity contribution is 6.21. The molecule has 44 heavy (non-hydrogen) atoms. The number of carboxylic acids is 2. The normalized spacial score (nSPS) is 16.1. The van der Waals surface area contributed by atoms with Gasteiger partial charge in [-0.3, -0.25) is 28.9 Å². The number of carbonyl (C=O) groups excluding carboxylic acids is 5. The first-order valence-electron chi connectivity index (χ1n) is 13.1. The molecule has 0 aromatic heterocycles. The minimum Gasteiger partial charge on any atom is -0.481 e. The summed E-state index contributed by atoms with van der Waals surface area (Å²) < 4.78 is 0. The zero-order valence-electron chi connectivity index (χ0n) is 23.9. The summed E-state index contributed by atoms with van der Waals surface area (Å²) in [7, 11) is 0. The van der Waals surface area contributed by atoms with Crippen LogP contribution in [0.3, 0.4) is 0 Å². The van der Waals surface area contributed by atoms with E-state index in [2.05, 4.69) is 15.6 Å². The van der Waals surface area contributed by atoms with E-state index in [1.54, 1.807) is 5.43 Å². The maximum atomic E-state index is 13.5. The van der Waals surface area contributed by atoms with E-state index in [9.17, 15) is 53.9 Å². The lowest BCUT2D eigenvalue weighted by Crippen LogP contribution is -2.56. The van der Waals surface area contributed by atoms with Crippen molar-refractivity contribution in [3.8, 4) is 0 Å². The van der Waals surface area contributed by atoms with Gasteiger partial charge in [0.15, 0.2) is 5.03 Å². The lowest BCUT2D eigenvalue weighted by molar-refractivity contribution is -0.525. The van der Waals surface area contributed by atoms with Crippen molar-refractivity contribution in [2.45, 2.75) is 58.2 Å². The monoisotopic (exact) mass is 620 g/mol. The van der Waals surface area contributed by atoms with Crippen molar-refractivity contribution in [2.24, 2.45) is 16.6 Å². The topological polar surface area (TPSA) is 284 Å². The molecule has 6 amide bonds. The second-order valence-electron chi connectivity index (χ2n) is 9.88. The van der Waals surface area contributed by atoms with Gasteiger partial charge in [0.1, 0.15) is 18.1 Å². The third kappa shape index (κ3) is 8.94. The fraction of sp³-hybridized carbons (Fsp3) is 0.440. The molecule has 1 aliphatic heterocycles. The summed E-state index contributed by atoms with van der Waals surface area (Å²) in [5, 5.41) is 32.9. The molecule has 238 valence electrons. The van der Waals surface area contributed by atoms with Crippen molar-refractivity contribution in [1.82, 2.24) is 21.0 Å². The number of carbonyl (C=O) groups is 7. The summed E-state index contributed by atoms with van der Waals surface area (Å²) in [5.74, 6) is -8.07. The quantitative estimate of drug-likeness (QED) is 0.0365. The fourth-order valence-electron chi connectivity index (χ4n) is 4.25. The van der Waals surface area contributed by atoms with E-state index in [1.165, 1.54) is 32.0 Å². The molecule has 1 aliphatic rings. The molecule has 0 spiro atoms. The van der Waals surface area contributed by atoms with Gasteiger partial charge < -0.3 is 26.6 Å². The zero-order chi connectivity index (χ0) is 33.3. The van der Waals surface area contributed by atoms with E-state index >= 15 is 0 Å². The van der Waals surface area contributed by atoms with Gasteiger partial charge in [-0.1, -0.05) is 25.3 Å². The molecule has 1 heterocycles. The van der Waals surface area contributed by atoms with Gasteiger partial charge in [-0.25, -0.2) is 29.6 Å². The molecular weight excluding hydrogens is 588 g/mol. The van der Waals surface area contributed by atoms with Crippen LogP contribution in [-0.4, -0.2) is 92.4 Å². The molecule has 19 heteroatoms. The molecule has 0 bridgehead atoms.